The summed E-state index contributed by atoms with van der Waals surface area (Å²) in [7, 11) is 4.04. The Morgan fingerprint density at radius 3 is 1.45 bits per heavy atom. The highest BCUT2D eigenvalue weighted by atomic mass is 28.4. The van der Waals surface area contributed by atoms with Crippen LogP contribution in [0.5, 0.6) is 0 Å². The lowest BCUT2D eigenvalue weighted by molar-refractivity contribution is 0.100. The molecule has 0 spiro atoms. The summed E-state index contributed by atoms with van der Waals surface area (Å²) in [6.07, 6.45) is 2.58. The molecule has 2 aliphatic heterocycles. The van der Waals surface area contributed by atoms with Gasteiger partial charge in [-0.1, -0.05) is 0 Å². The molecule has 11 heteroatoms. The van der Waals surface area contributed by atoms with E-state index in [0.29, 0.717) is 25.4 Å². The Balaban J connectivity index is 0.000000291. The molecule has 2 heterocycles. The molecule has 174 valence electrons. The topological polar surface area (TPSA) is 89.7 Å². The van der Waals surface area contributed by atoms with Crippen molar-refractivity contribution in [1.29, 1.82) is 0 Å². The molecular weight excluding hydrogens is 416 g/mol. The highest BCUT2D eigenvalue weighted by Crippen LogP contribution is 2.16. The minimum atomic E-state index is -2.39. The zero-order valence-electron chi connectivity index (χ0n) is 18.9. The first kappa shape index (κ1) is 27.1. The number of hydrogen-bond acceptors (Lipinski definition) is 9. The molecule has 2 aliphatic rings. The van der Waals surface area contributed by atoms with Crippen LogP contribution in [0.3, 0.4) is 0 Å². The van der Waals surface area contributed by atoms with E-state index in [4.69, 9.17) is 41.1 Å². The van der Waals surface area contributed by atoms with E-state index in [-0.39, 0.29) is 0 Å². The van der Waals surface area contributed by atoms with Crippen molar-refractivity contribution in [2.45, 2.75) is 43.7 Å². The second-order valence-corrected chi connectivity index (χ2v) is 13.8. The van der Waals surface area contributed by atoms with Gasteiger partial charge in [-0.05, 0) is 25.4 Å². The van der Waals surface area contributed by atoms with Crippen molar-refractivity contribution >= 4 is 17.4 Å². The molecule has 0 amide bonds. The fourth-order valence-electron chi connectivity index (χ4n) is 2.49. The molecular formula is C18H40O9Si2. The minimum Gasteiger partial charge on any atom is -0.398 e. The highest BCUT2D eigenvalue weighted by molar-refractivity contribution is 6.65. The Morgan fingerprint density at radius 2 is 1.10 bits per heavy atom. The van der Waals surface area contributed by atoms with Gasteiger partial charge in [-0.25, -0.2) is 0 Å². The van der Waals surface area contributed by atoms with Gasteiger partial charge in [0.1, 0.15) is 12.2 Å². The maximum atomic E-state index is 5.43. The second-order valence-electron chi connectivity index (χ2n) is 7.11. The summed E-state index contributed by atoms with van der Waals surface area (Å²) in [6, 6.07) is 1.76. The quantitative estimate of drug-likeness (QED) is 0.185. The summed E-state index contributed by atoms with van der Waals surface area (Å²) in [5.41, 5.74) is 0. The van der Waals surface area contributed by atoms with Gasteiger partial charge < -0.3 is 41.1 Å². The van der Waals surface area contributed by atoms with Crippen molar-refractivity contribution in [2.24, 2.45) is 0 Å². The Bertz CT molecular complexity index is 393. The van der Waals surface area contributed by atoms with E-state index in [1.54, 1.807) is 35.5 Å². The molecule has 0 aromatic rings. The molecule has 9 nitrogen and oxygen atoms in total. The third kappa shape index (κ3) is 12.5. The zero-order chi connectivity index (χ0) is 21.6. The van der Waals surface area contributed by atoms with Gasteiger partial charge in [0.15, 0.2) is 0 Å². The number of ether oxygens (including phenoxy) is 4. The van der Waals surface area contributed by atoms with Crippen LogP contribution in [-0.4, -0.2) is 105 Å². The zero-order valence-corrected chi connectivity index (χ0v) is 20.9. The second kappa shape index (κ2) is 15.0. The van der Waals surface area contributed by atoms with Crippen molar-refractivity contribution < 1.29 is 41.1 Å². The van der Waals surface area contributed by atoms with E-state index < -0.39 is 17.4 Å². The summed E-state index contributed by atoms with van der Waals surface area (Å²) < 4.78 is 47.5. The maximum Gasteiger partial charge on any atom is 0.500 e. The van der Waals surface area contributed by atoms with Crippen molar-refractivity contribution in [2.75, 3.05) is 75.2 Å². The Kier molecular flexibility index (Phi) is 14.0. The van der Waals surface area contributed by atoms with E-state index in [9.17, 15) is 0 Å². The van der Waals surface area contributed by atoms with Crippen LogP contribution in [-0.2, 0) is 41.1 Å². The number of rotatable bonds is 17. The van der Waals surface area contributed by atoms with Crippen LogP contribution in [0, 0.1) is 0 Å². The van der Waals surface area contributed by atoms with Crippen LogP contribution in [0.1, 0.15) is 12.8 Å². The summed E-state index contributed by atoms with van der Waals surface area (Å²) in [6.45, 7) is 6.67. The normalized spacial score (nSPS) is 20.9. The molecule has 0 radical (unpaired) electrons. The summed E-state index contributed by atoms with van der Waals surface area (Å²) >= 11 is 0. The predicted octanol–water partition coefficient (Wildman–Crippen LogP) is 1.83. The molecule has 2 saturated heterocycles. The lowest BCUT2D eigenvalue weighted by Gasteiger charge is -2.24. The first-order chi connectivity index (χ1) is 14.0. The van der Waals surface area contributed by atoms with Crippen LogP contribution in [0.4, 0.5) is 0 Å². The van der Waals surface area contributed by atoms with Crippen molar-refractivity contribution in [1.82, 2.24) is 0 Å². The molecule has 0 aromatic heterocycles. The fraction of sp³-hybridized carbons (Fsp3) is 1.00. The largest absolute Gasteiger partial charge is 0.500 e. The standard InChI is InChI=1S/C9H20O5Si.C9H20O4Si/c1-10-15(11-2,12-3)6-4-5-13-7-9-8-14-9;1-10-14(3,11-2)6-4-5-12-7-9-8-13-9/h9H,4-8H2,1-3H3;9H,4-8H2,1-3H3. The third-order valence-electron chi connectivity index (χ3n) is 4.90. The Hall–Kier alpha value is 0.0738. The minimum absolute atomic E-state index is 0.333. The molecule has 2 unspecified atom stereocenters. The van der Waals surface area contributed by atoms with Crippen molar-refractivity contribution in [3.63, 3.8) is 0 Å². The summed E-state index contributed by atoms with van der Waals surface area (Å²) in [5.74, 6) is 0. The van der Waals surface area contributed by atoms with E-state index in [1.807, 2.05) is 0 Å². The van der Waals surface area contributed by atoms with Crippen LogP contribution >= 0.6 is 0 Å². The predicted molar refractivity (Wildman–Crippen MR) is 112 cm³/mol. The van der Waals surface area contributed by atoms with Crippen LogP contribution < -0.4 is 0 Å². The molecule has 0 aliphatic carbocycles. The van der Waals surface area contributed by atoms with Crippen LogP contribution in [0.25, 0.3) is 0 Å². The molecule has 2 fully saturated rings. The summed E-state index contributed by atoms with van der Waals surface area (Å²) in [5, 5.41) is 0. The van der Waals surface area contributed by atoms with Crippen molar-refractivity contribution in [3.8, 4) is 0 Å². The average Bonchev–Trinajstić information content (AvgIpc) is 3.67. The van der Waals surface area contributed by atoms with Gasteiger partial charge in [-0.15, -0.1) is 0 Å². The lowest BCUT2D eigenvalue weighted by atomic mass is 10.5. The molecule has 29 heavy (non-hydrogen) atoms. The molecule has 2 atom stereocenters. The van der Waals surface area contributed by atoms with E-state index in [0.717, 1.165) is 51.4 Å². The van der Waals surface area contributed by atoms with Crippen LogP contribution in [0.2, 0.25) is 18.6 Å². The molecule has 0 saturated carbocycles. The SMILES string of the molecule is CO[Si](C)(CCCOCC1CO1)OC.CO[Si](CCCOCC1CO1)(OC)OC. The van der Waals surface area contributed by atoms with Crippen molar-refractivity contribution in [3.05, 3.63) is 0 Å². The van der Waals surface area contributed by atoms with E-state index >= 15 is 0 Å². The molecule has 0 bridgehead atoms. The lowest BCUT2D eigenvalue weighted by Crippen LogP contribution is -2.42. The van der Waals surface area contributed by atoms with E-state index in [2.05, 4.69) is 6.55 Å². The van der Waals surface area contributed by atoms with Gasteiger partial charge in [0.05, 0.1) is 26.4 Å². The third-order valence-corrected chi connectivity index (χ3v) is 10.7. The first-order valence-electron chi connectivity index (χ1n) is 10.1. The first-order valence-corrected chi connectivity index (χ1v) is 14.6. The Morgan fingerprint density at radius 1 is 0.690 bits per heavy atom. The monoisotopic (exact) mass is 456 g/mol. The maximum absolute atomic E-state index is 5.43. The highest BCUT2D eigenvalue weighted by Gasteiger charge is 2.37. The van der Waals surface area contributed by atoms with Gasteiger partial charge >= 0.3 is 17.4 Å². The number of hydrogen-bond donors (Lipinski definition) is 0. The van der Waals surface area contributed by atoms with Gasteiger partial charge in [0.25, 0.3) is 0 Å². The summed E-state index contributed by atoms with van der Waals surface area (Å²) in [4.78, 5) is 0. The fourth-order valence-corrected chi connectivity index (χ4v) is 5.54. The smallest absolute Gasteiger partial charge is 0.398 e. The van der Waals surface area contributed by atoms with Crippen LogP contribution in [0.15, 0.2) is 0 Å². The molecule has 2 rings (SSSR count). The molecule has 0 N–H and O–H groups in total. The molecule has 0 aromatic carbocycles. The Labute approximate surface area is 177 Å². The van der Waals surface area contributed by atoms with Gasteiger partial charge in [-0.3, -0.25) is 0 Å². The van der Waals surface area contributed by atoms with Gasteiger partial charge in [-0.2, -0.15) is 0 Å². The number of epoxide rings is 2. The average molecular weight is 457 g/mol. The van der Waals surface area contributed by atoms with E-state index in [1.165, 1.54) is 0 Å². The van der Waals surface area contributed by atoms with Gasteiger partial charge in [0.2, 0.25) is 0 Å². The van der Waals surface area contributed by atoms with Gasteiger partial charge in [0, 0.05) is 54.8 Å².